The zero-order chi connectivity index (χ0) is 20.4. The predicted octanol–water partition coefficient (Wildman–Crippen LogP) is 4.01. The van der Waals surface area contributed by atoms with Gasteiger partial charge in [0.05, 0.1) is 0 Å². The number of amides is 1. The van der Waals surface area contributed by atoms with Crippen molar-refractivity contribution < 1.29 is 19.0 Å². The van der Waals surface area contributed by atoms with Gasteiger partial charge in [0.25, 0.3) is 5.91 Å². The summed E-state index contributed by atoms with van der Waals surface area (Å²) in [6.07, 6.45) is 2.96. The Hall–Kier alpha value is -2.53. The van der Waals surface area contributed by atoms with E-state index in [1.165, 1.54) is 5.56 Å². The maximum Gasteiger partial charge on any atom is 0.254 e. The highest BCUT2D eigenvalue weighted by atomic mass is 16.5. The Bertz CT molecular complexity index is 894. The minimum atomic E-state index is 0.0496. The molecule has 5 nitrogen and oxygen atoms in total. The number of fused-ring (bicyclic) bond motifs is 2. The fraction of sp³-hybridized carbons (Fsp3) is 0.458. The van der Waals surface area contributed by atoms with Gasteiger partial charge in [0.1, 0.15) is 23.7 Å². The van der Waals surface area contributed by atoms with E-state index in [1.54, 1.807) is 7.11 Å². The molecule has 0 spiro atoms. The van der Waals surface area contributed by atoms with Gasteiger partial charge in [-0.1, -0.05) is 12.1 Å². The molecule has 4 rings (SSSR count). The van der Waals surface area contributed by atoms with Crippen LogP contribution in [0.4, 0.5) is 0 Å². The first-order valence-corrected chi connectivity index (χ1v) is 10.4. The van der Waals surface area contributed by atoms with Gasteiger partial charge in [-0.3, -0.25) is 4.79 Å². The van der Waals surface area contributed by atoms with Gasteiger partial charge in [0.15, 0.2) is 0 Å². The second-order valence-electron chi connectivity index (χ2n) is 8.10. The molecular formula is C24H29NO4. The van der Waals surface area contributed by atoms with Crippen molar-refractivity contribution in [1.82, 2.24) is 4.90 Å². The number of ether oxygens (including phenoxy) is 3. The number of rotatable bonds is 7. The average Bonchev–Trinajstić information content (AvgIpc) is 3.26. The number of benzene rings is 2. The van der Waals surface area contributed by atoms with E-state index < -0.39 is 0 Å². The molecule has 2 aromatic carbocycles. The van der Waals surface area contributed by atoms with Crippen LogP contribution >= 0.6 is 0 Å². The lowest BCUT2D eigenvalue weighted by Gasteiger charge is -2.23. The fourth-order valence-corrected chi connectivity index (χ4v) is 4.18. The van der Waals surface area contributed by atoms with Crippen LogP contribution in [0.25, 0.3) is 0 Å². The molecule has 0 saturated carbocycles. The molecule has 5 heteroatoms. The quantitative estimate of drug-likeness (QED) is 0.665. The molecule has 2 aliphatic rings. The number of carbonyl (C=O) groups is 1. The van der Waals surface area contributed by atoms with Crippen molar-refractivity contribution in [3.05, 3.63) is 58.7 Å². The predicted molar refractivity (Wildman–Crippen MR) is 112 cm³/mol. The number of carbonyl (C=O) groups excluding carboxylic acids is 1. The zero-order valence-electron chi connectivity index (χ0n) is 17.4. The summed E-state index contributed by atoms with van der Waals surface area (Å²) < 4.78 is 16.8. The summed E-state index contributed by atoms with van der Waals surface area (Å²) in [6, 6.07) is 12.1. The summed E-state index contributed by atoms with van der Waals surface area (Å²) in [5.74, 6) is 1.91. The molecule has 2 aromatic rings. The molecule has 2 atom stereocenters. The molecule has 2 aliphatic heterocycles. The largest absolute Gasteiger partial charge is 0.490 e. The van der Waals surface area contributed by atoms with Crippen LogP contribution in [-0.2, 0) is 24.1 Å². The molecule has 0 bridgehead atoms. The van der Waals surface area contributed by atoms with Crippen LogP contribution in [-0.4, -0.2) is 43.3 Å². The van der Waals surface area contributed by atoms with Gasteiger partial charge in [-0.05, 0) is 61.2 Å². The zero-order valence-corrected chi connectivity index (χ0v) is 17.4. The van der Waals surface area contributed by atoms with Gasteiger partial charge < -0.3 is 19.1 Å². The molecule has 2 heterocycles. The van der Waals surface area contributed by atoms with E-state index in [4.69, 9.17) is 14.2 Å². The van der Waals surface area contributed by atoms with Crippen molar-refractivity contribution in [3.63, 3.8) is 0 Å². The maximum absolute atomic E-state index is 13.3. The maximum atomic E-state index is 13.3. The lowest BCUT2D eigenvalue weighted by atomic mass is 10.0. The molecule has 154 valence electrons. The highest BCUT2D eigenvalue weighted by Crippen LogP contribution is 2.31. The smallest absolute Gasteiger partial charge is 0.254 e. The Morgan fingerprint density at radius 2 is 1.69 bits per heavy atom. The number of hydrogen-bond acceptors (Lipinski definition) is 4. The normalized spacial score (nSPS) is 19.3. The van der Waals surface area contributed by atoms with Gasteiger partial charge in [0.2, 0.25) is 0 Å². The molecule has 0 fully saturated rings. The van der Waals surface area contributed by atoms with E-state index in [0.29, 0.717) is 19.7 Å². The number of nitrogens with zero attached hydrogens (tertiary/aromatic N) is 1. The first-order valence-electron chi connectivity index (χ1n) is 10.4. The molecule has 0 N–H and O–H groups in total. The molecule has 0 radical (unpaired) electrons. The Morgan fingerprint density at radius 3 is 2.38 bits per heavy atom. The van der Waals surface area contributed by atoms with E-state index in [9.17, 15) is 4.79 Å². The van der Waals surface area contributed by atoms with Crippen molar-refractivity contribution in [2.45, 2.75) is 51.9 Å². The van der Waals surface area contributed by atoms with Gasteiger partial charge in [-0.25, -0.2) is 0 Å². The first kappa shape index (κ1) is 19.8. The molecule has 1 amide bonds. The van der Waals surface area contributed by atoms with Gasteiger partial charge in [-0.2, -0.15) is 0 Å². The Labute approximate surface area is 172 Å². The van der Waals surface area contributed by atoms with Crippen molar-refractivity contribution in [1.29, 1.82) is 0 Å². The molecule has 0 saturated heterocycles. The highest BCUT2D eigenvalue weighted by molar-refractivity contribution is 5.94. The van der Waals surface area contributed by atoms with Crippen LogP contribution in [0.2, 0.25) is 0 Å². The SMILES string of the molecule is COCCCN(Cc1ccc2c(c1)C[C@H](C)O2)C(=O)c1ccc2c(c1)C[C@@H](C)O2. The average molecular weight is 395 g/mol. The summed E-state index contributed by atoms with van der Waals surface area (Å²) in [6.45, 7) is 6.00. The van der Waals surface area contributed by atoms with E-state index >= 15 is 0 Å². The number of methoxy groups -OCH3 is 1. The third kappa shape index (κ3) is 4.40. The minimum Gasteiger partial charge on any atom is -0.490 e. The summed E-state index contributed by atoms with van der Waals surface area (Å²) in [5, 5.41) is 0. The second-order valence-corrected chi connectivity index (χ2v) is 8.10. The topological polar surface area (TPSA) is 48.0 Å². The molecule has 0 aromatic heterocycles. The van der Waals surface area contributed by atoms with Gasteiger partial charge >= 0.3 is 0 Å². The highest BCUT2D eigenvalue weighted by Gasteiger charge is 2.24. The minimum absolute atomic E-state index is 0.0496. The third-order valence-corrected chi connectivity index (χ3v) is 5.54. The van der Waals surface area contributed by atoms with Crippen LogP contribution in [0.15, 0.2) is 36.4 Å². The van der Waals surface area contributed by atoms with Crippen molar-refractivity contribution in [2.24, 2.45) is 0 Å². The van der Waals surface area contributed by atoms with Crippen molar-refractivity contribution in [3.8, 4) is 11.5 Å². The monoisotopic (exact) mass is 395 g/mol. The van der Waals surface area contributed by atoms with Crippen LogP contribution in [0.1, 0.15) is 47.3 Å². The Kier molecular flexibility index (Phi) is 5.76. The Morgan fingerprint density at radius 1 is 1.03 bits per heavy atom. The fourth-order valence-electron chi connectivity index (χ4n) is 4.18. The summed E-state index contributed by atoms with van der Waals surface area (Å²) in [4.78, 5) is 15.2. The lowest BCUT2D eigenvalue weighted by Crippen LogP contribution is -2.32. The third-order valence-electron chi connectivity index (χ3n) is 5.54. The van der Waals surface area contributed by atoms with E-state index in [0.717, 1.165) is 47.5 Å². The molecule has 29 heavy (non-hydrogen) atoms. The summed E-state index contributed by atoms with van der Waals surface area (Å²) >= 11 is 0. The summed E-state index contributed by atoms with van der Waals surface area (Å²) in [5.41, 5.74) is 4.19. The molecule has 0 unspecified atom stereocenters. The van der Waals surface area contributed by atoms with Gasteiger partial charge in [0, 0.05) is 45.2 Å². The van der Waals surface area contributed by atoms with Crippen LogP contribution in [0, 0.1) is 0 Å². The van der Waals surface area contributed by atoms with E-state index in [2.05, 4.69) is 26.0 Å². The first-order chi connectivity index (χ1) is 14.0. The van der Waals surface area contributed by atoms with Crippen LogP contribution < -0.4 is 9.47 Å². The second kappa shape index (κ2) is 8.46. The molecule has 0 aliphatic carbocycles. The van der Waals surface area contributed by atoms with E-state index in [-0.39, 0.29) is 18.1 Å². The molecular weight excluding hydrogens is 366 g/mol. The van der Waals surface area contributed by atoms with Crippen LogP contribution in [0.5, 0.6) is 11.5 Å². The van der Waals surface area contributed by atoms with Gasteiger partial charge in [-0.15, -0.1) is 0 Å². The summed E-state index contributed by atoms with van der Waals surface area (Å²) in [7, 11) is 1.69. The standard InChI is InChI=1S/C24H29NO4/c1-16-11-20-13-18(5-7-22(20)28-16)15-25(9-4-10-27-3)24(26)19-6-8-23-21(14-19)12-17(2)29-23/h5-8,13-14,16-17H,4,9-12,15H2,1-3H3/t16-,17+/m0/s1. The van der Waals surface area contributed by atoms with Crippen molar-refractivity contribution in [2.75, 3.05) is 20.3 Å². The lowest BCUT2D eigenvalue weighted by molar-refractivity contribution is 0.0723. The van der Waals surface area contributed by atoms with E-state index in [1.807, 2.05) is 29.2 Å². The number of hydrogen-bond donors (Lipinski definition) is 0. The van der Waals surface area contributed by atoms with Crippen LogP contribution in [0.3, 0.4) is 0 Å². The van der Waals surface area contributed by atoms with Crippen molar-refractivity contribution >= 4 is 5.91 Å². The Balaban J connectivity index is 1.53.